The number of benzene rings is 2. The summed E-state index contributed by atoms with van der Waals surface area (Å²) in [6.45, 7) is 5.64. The quantitative estimate of drug-likeness (QED) is 0.397. The molecular weight excluding hydrogens is 450 g/mol. The highest BCUT2D eigenvalue weighted by atomic mass is 32.1. The molecule has 9 heteroatoms. The van der Waals surface area contributed by atoms with Crippen molar-refractivity contribution in [3.63, 3.8) is 0 Å². The van der Waals surface area contributed by atoms with Gasteiger partial charge < -0.3 is 9.84 Å². The number of carbonyl (C=O) groups excluding carboxylic acids is 1. The molecule has 0 radical (unpaired) electrons. The van der Waals surface area contributed by atoms with Crippen LogP contribution in [0.25, 0.3) is 32.4 Å². The fourth-order valence-corrected chi connectivity index (χ4v) is 4.78. The molecule has 1 N–H and O–H groups in total. The van der Waals surface area contributed by atoms with Gasteiger partial charge in [0.25, 0.3) is 11.4 Å². The number of thiophene rings is 1. The summed E-state index contributed by atoms with van der Waals surface area (Å²) in [5, 5.41) is 7.37. The van der Waals surface area contributed by atoms with Crippen molar-refractivity contribution in [1.82, 2.24) is 19.7 Å². The highest BCUT2D eigenvalue weighted by Crippen LogP contribution is 2.35. The van der Waals surface area contributed by atoms with Gasteiger partial charge in [0.1, 0.15) is 11.4 Å². The lowest BCUT2D eigenvalue weighted by molar-refractivity contribution is -0.116. The van der Waals surface area contributed by atoms with Crippen molar-refractivity contribution in [2.45, 2.75) is 27.3 Å². The zero-order valence-electron chi connectivity index (χ0n) is 18.8. The smallest absolute Gasteiger partial charge is 0.268 e. The van der Waals surface area contributed by atoms with Gasteiger partial charge in [0.2, 0.25) is 11.7 Å². The van der Waals surface area contributed by atoms with Crippen LogP contribution in [0.5, 0.6) is 0 Å². The number of fused-ring (bicyclic) bond motifs is 1. The lowest BCUT2D eigenvalue weighted by Gasteiger charge is -2.07. The van der Waals surface area contributed by atoms with Crippen LogP contribution in [0.4, 0.5) is 5.69 Å². The first-order valence-corrected chi connectivity index (χ1v) is 11.5. The van der Waals surface area contributed by atoms with Crippen molar-refractivity contribution in [3.8, 4) is 22.2 Å². The van der Waals surface area contributed by atoms with Crippen molar-refractivity contribution in [1.29, 1.82) is 0 Å². The van der Waals surface area contributed by atoms with Gasteiger partial charge in [-0.05, 0) is 44.0 Å². The summed E-state index contributed by atoms with van der Waals surface area (Å²) in [7, 11) is 0. The molecule has 3 heterocycles. The Balaban J connectivity index is 1.44. The van der Waals surface area contributed by atoms with E-state index in [1.807, 2.05) is 69.3 Å². The van der Waals surface area contributed by atoms with Crippen LogP contribution in [-0.4, -0.2) is 25.6 Å². The summed E-state index contributed by atoms with van der Waals surface area (Å²) < 4.78 is 6.84. The molecule has 1 amide bonds. The minimum atomic E-state index is -0.306. The molecule has 2 aromatic carbocycles. The van der Waals surface area contributed by atoms with Crippen LogP contribution in [0.3, 0.4) is 0 Å². The molecule has 3 aromatic heterocycles. The number of rotatable bonds is 5. The molecule has 0 aliphatic heterocycles. The summed E-state index contributed by atoms with van der Waals surface area (Å²) >= 11 is 1.31. The van der Waals surface area contributed by atoms with Crippen LogP contribution in [-0.2, 0) is 11.3 Å². The van der Waals surface area contributed by atoms with Gasteiger partial charge in [0.05, 0.1) is 16.6 Å². The Hall–Kier alpha value is -4.11. The van der Waals surface area contributed by atoms with Gasteiger partial charge in [-0.25, -0.2) is 4.98 Å². The molecular formula is C25H21N5O3S. The topological polar surface area (TPSA) is 103 Å². The maximum atomic E-state index is 13.2. The standard InChI is InChI=1S/C25H21N5O3S/c1-14-8-10-17(11-9-14)27-19(31)12-30-13-26-24-20(25(30)32)16(3)21(34-24)23-28-22(29-33-23)18-7-5-4-6-15(18)2/h4-11,13H,12H2,1-3H3,(H,27,31). The number of nitrogens with one attached hydrogen (secondary N) is 1. The second-order valence-corrected chi connectivity index (χ2v) is 9.07. The van der Waals surface area contributed by atoms with Crippen LogP contribution < -0.4 is 10.9 Å². The molecule has 0 atom stereocenters. The third kappa shape index (κ3) is 4.01. The second-order valence-electron chi connectivity index (χ2n) is 8.07. The van der Waals surface area contributed by atoms with Crippen molar-refractivity contribution in [3.05, 3.63) is 81.9 Å². The monoisotopic (exact) mass is 471 g/mol. The van der Waals surface area contributed by atoms with Gasteiger partial charge in [0.15, 0.2) is 0 Å². The number of hydrogen-bond acceptors (Lipinski definition) is 7. The lowest BCUT2D eigenvalue weighted by Crippen LogP contribution is -2.27. The normalized spacial score (nSPS) is 11.1. The summed E-state index contributed by atoms with van der Waals surface area (Å²) in [5.74, 6) is 0.518. The highest BCUT2D eigenvalue weighted by molar-refractivity contribution is 7.22. The number of nitrogens with zero attached hydrogens (tertiary/aromatic N) is 4. The predicted molar refractivity (Wildman–Crippen MR) is 132 cm³/mol. The van der Waals surface area contributed by atoms with Gasteiger partial charge in [-0.3, -0.25) is 14.2 Å². The third-order valence-corrected chi connectivity index (χ3v) is 6.76. The molecule has 8 nitrogen and oxygen atoms in total. The number of carbonyl (C=O) groups is 1. The summed E-state index contributed by atoms with van der Waals surface area (Å²) in [5.41, 5.74) is 4.11. The van der Waals surface area contributed by atoms with E-state index in [-0.39, 0.29) is 18.0 Å². The van der Waals surface area contributed by atoms with E-state index in [4.69, 9.17) is 4.52 Å². The summed E-state index contributed by atoms with van der Waals surface area (Å²) in [4.78, 5) is 35.9. The number of anilines is 1. The molecule has 5 rings (SSSR count). The maximum absolute atomic E-state index is 13.2. The zero-order valence-corrected chi connectivity index (χ0v) is 19.6. The highest BCUT2D eigenvalue weighted by Gasteiger charge is 2.21. The van der Waals surface area contributed by atoms with E-state index < -0.39 is 0 Å². The van der Waals surface area contributed by atoms with Crippen molar-refractivity contribution in [2.75, 3.05) is 5.32 Å². The Morgan fingerprint density at radius 2 is 1.85 bits per heavy atom. The number of amides is 1. The van der Waals surface area contributed by atoms with E-state index in [0.717, 1.165) is 16.7 Å². The van der Waals surface area contributed by atoms with Gasteiger partial charge >= 0.3 is 0 Å². The molecule has 0 fully saturated rings. The third-order valence-electron chi connectivity index (χ3n) is 5.57. The van der Waals surface area contributed by atoms with Gasteiger partial charge in [0, 0.05) is 11.3 Å². The molecule has 0 aliphatic carbocycles. The lowest BCUT2D eigenvalue weighted by atomic mass is 10.1. The summed E-state index contributed by atoms with van der Waals surface area (Å²) in [6, 6.07) is 15.3. The second kappa shape index (κ2) is 8.68. The van der Waals surface area contributed by atoms with Crippen LogP contribution in [0.2, 0.25) is 0 Å². The van der Waals surface area contributed by atoms with Gasteiger partial charge in [-0.15, -0.1) is 11.3 Å². The van der Waals surface area contributed by atoms with Crippen molar-refractivity contribution < 1.29 is 9.32 Å². The molecule has 170 valence electrons. The van der Waals surface area contributed by atoms with Gasteiger partial charge in [-0.1, -0.05) is 47.1 Å². The zero-order chi connectivity index (χ0) is 23.8. The first-order valence-electron chi connectivity index (χ1n) is 10.7. The van der Waals surface area contributed by atoms with E-state index in [1.165, 1.54) is 22.2 Å². The molecule has 0 bridgehead atoms. The Morgan fingerprint density at radius 3 is 2.62 bits per heavy atom. The van der Waals surface area contributed by atoms with E-state index >= 15 is 0 Å². The van der Waals surface area contributed by atoms with E-state index in [0.29, 0.717) is 38.1 Å². The molecule has 0 unspecified atom stereocenters. The number of aryl methyl sites for hydroxylation is 3. The Labute approximate surface area is 198 Å². The molecule has 0 aliphatic rings. The number of hydrogen-bond donors (Lipinski definition) is 1. The first-order chi connectivity index (χ1) is 16.4. The fourth-order valence-electron chi connectivity index (χ4n) is 3.72. The van der Waals surface area contributed by atoms with Crippen LogP contribution in [0, 0.1) is 20.8 Å². The van der Waals surface area contributed by atoms with Crippen LogP contribution in [0.15, 0.2) is 64.2 Å². The molecule has 0 spiro atoms. The fraction of sp³-hybridized carbons (Fsp3) is 0.160. The summed E-state index contributed by atoms with van der Waals surface area (Å²) in [6.07, 6.45) is 1.39. The Bertz CT molecular complexity index is 1580. The molecule has 0 saturated carbocycles. The average molecular weight is 472 g/mol. The van der Waals surface area contributed by atoms with Crippen LogP contribution >= 0.6 is 11.3 Å². The minimum Gasteiger partial charge on any atom is -0.333 e. The van der Waals surface area contributed by atoms with Crippen LogP contribution in [0.1, 0.15) is 16.7 Å². The number of aromatic nitrogens is 4. The SMILES string of the molecule is Cc1ccc(NC(=O)Cn2cnc3sc(-c4nc(-c5ccccc5C)no4)c(C)c3c2=O)cc1. The largest absolute Gasteiger partial charge is 0.333 e. The molecule has 5 aromatic rings. The van der Waals surface area contributed by atoms with Crippen molar-refractivity contribution >= 4 is 33.1 Å². The van der Waals surface area contributed by atoms with Crippen molar-refractivity contribution in [2.24, 2.45) is 0 Å². The minimum absolute atomic E-state index is 0.141. The van der Waals surface area contributed by atoms with Gasteiger partial charge in [-0.2, -0.15) is 4.98 Å². The van der Waals surface area contributed by atoms with E-state index in [2.05, 4.69) is 20.4 Å². The van der Waals surface area contributed by atoms with E-state index in [1.54, 1.807) is 0 Å². The molecule has 34 heavy (non-hydrogen) atoms. The molecule has 0 saturated heterocycles. The average Bonchev–Trinajstić information content (AvgIpc) is 3.43. The Kier molecular flexibility index (Phi) is 5.54. The maximum Gasteiger partial charge on any atom is 0.268 e. The predicted octanol–water partition coefficient (Wildman–Crippen LogP) is 4.74. The first kappa shape index (κ1) is 21.7. The van der Waals surface area contributed by atoms with E-state index in [9.17, 15) is 9.59 Å². The Morgan fingerprint density at radius 1 is 1.09 bits per heavy atom.